The summed E-state index contributed by atoms with van der Waals surface area (Å²) in [5, 5.41) is 0. The molecular weight excluding hydrogens is 150 g/mol. The number of carbonyl (C=O) groups is 1. The molecule has 0 radical (unpaired) electrons. The van der Waals surface area contributed by atoms with Gasteiger partial charge in [0.2, 0.25) is 5.91 Å². The van der Waals surface area contributed by atoms with Gasteiger partial charge in [0.15, 0.2) is 0 Å². The molecule has 1 fully saturated rings. The molecule has 1 rings (SSSR count). The summed E-state index contributed by atoms with van der Waals surface area (Å²) in [7, 11) is 0. The second-order valence-electron chi connectivity index (χ2n) is 3.13. The van der Waals surface area contributed by atoms with E-state index in [2.05, 4.69) is 6.92 Å². The van der Waals surface area contributed by atoms with E-state index in [1.54, 1.807) is 11.1 Å². The standard InChI is InChI=1S/C10H17NO/c1-2-3-4-5-8-11-9-6-7-10(11)12/h5,8H,2-4,6-7,9H2,1H3/b8-5+/i5D. The van der Waals surface area contributed by atoms with Gasteiger partial charge in [0, 0.05) is 19.2 Å². The Balaban J connectivity index is 2.39. The van der Waals surface area contributed by atoms with E-state index in [4.69, 9.17) is 1.37 Å². The minimum absolute atomic E-state index is 0.168. The second kappa shape index (κ2) is 4.96. The fraction of sp³-hybridized carbons (Fsp3) is 0.700. The number of nitrogens with zero attached hydrogens (tertiary/aromatic N) is 1. The van der Waals surface area contributed by atoms with Gasteiger partial charge in [-0.15, -0.1) is 0 Å². The maximum absolute atomic E-state index is 11.2. The predicted octanol–water partition coefficient (Wildman–Crippen LogP) is 2.31. The van der Waals surface area contributed by atoms with E-state index >= 15 is 0 Å². The van der Waals surface area contributed by atoms with Crippen LogP contribution in [0.5, 0.6) is 0 Å². The maximum Gasteiger partial charge on any atom is 0.226 e. The molecule has 1 aliphatic rings. The first-order chi connectivity index (χ1) is 6.24. The van der Waals surface area contributed by atoms with Crippen LogP contribution in [0.25, 0.3) is 0 Å². The highest BCUT2D eigenvalue weighted by atomic mass is 16.2. The Morgan fingerprint density at radius 3 is 3.17 bits per heavy atom. The summed E-state index contributed by atoms with van der Waals surface area (Å²) in [5.41, 5.74) is 0. The molecule has 0 aromatic rings. The molecule has 0 unspecified atom stereocenters. The van der Waals surface area contributed by atoms with Crippen LogP contribution < -0.4 is 0 Å². The zero-order valence-electron chi connectivity index (χ0n) is 8.68. The fourth-order valence-corrected chi connectivity index (χ4v) is 1.26. The summed E-state index contributed by atoms with van der Waals surface area (Å²) < 4.78 is 7.60. The molecule has 12 heavy (non-hydrogen) atoms. The van der Waals surface area contributed by atoms with Crippen molar-refractivity contribution >= 4 is 5.91 Å². The van der Waals surface area contributed by atoms with Crippen LogP contribution in [0.1, 0.15) is 40.4 Å². The van der Waals surface area contributed by atoms with Crippen molar-refractivity contribution in [3.05, 3.63) is 12.3 Å². The van der Waals surface area contributed by atoms with Gasteiger partial charge in [0.25, 0.3) is 0 Å². The van der Waals surface area contributed by atoms with Gasteiger partial charge in [-0.1, -0.05) is 25.8 Å². The Kier molecular flexibility index (Phi) is 3.24. The molecule has 0 spiro atoms. The molecule has 0 aromatic heterocycles. The largest absolute Gasteiger partial charge is 0.319 e. The van der Waals surface area contributed by atoms with Gasteiger partial charge >= 0.3 is 0 Å². The van der Waals surface area contributed by atoms with E-state index < -0.39 is 0 Å². The van der Waals surface area contributed by atoms with Crippen LogP contribution in [0.2, 0.25) is 0 Å². The molecule has 0 aliphatic carbocycles. The molecule has 2 nitrogen and oxygen atoms in total. The summed E-state index contributed by atoms with van der Waals surface area (Å²) in [4.78, 5) is 12.9. The minimum Gasteiger partial charge on any atom is -0.319 e. The summed E-state index contributed by atoms with van der Waals surface area (Å²) in [6.07, 6.45) is 6.22. The second-order valence-corrected chi connectivity index (χ2v) is 3.13. The number of hydrogen-bond acceptors (Lipinski definition) is 1. The van der Waals surface area contributed by atoms with E-state index in [-0.39, 0.29) is 5.91 Å². The topological polar surface area (TPSA) is 20.3 Å². The van der Waals surface area contributed by atoms with Gasteiger partial charge in [-0.3, -0.25) is 4.79 Å². The monoisotopic (exact) mass is 168 g/mol. The molecule has 0 N–H and O–H groups in total. The lowest BCUT2D eigenvalue weighted by Gasteiger charge is -2.07. The van der Waals surface area contributed by atoms with Crippen molar-refractivity contribution in [2.45, 2.75) is 39.0 Å². The quantitative estimate of drug-likeness (QED) is 0.630. The average molecular weight is 168 g/mol. The van der Waals surface area contributed by atoms with Crippen LogP contribution in [0, 0.1) is 0 Å². The van der Waals surface area contributed by atoms with Crippen LogP contribution in [-0.4, -0.2) is 17.4 Å². The number of carbonyl (C=O) groups excluding carboxylic acids is 1. The third-order valence-electron chi connectivity index (χ3n) is 2.03. The van der Waals surface area contributed by atoms with Gasteiger partial charge in [-0.25, -0.2) is 0 Å². The Morgan fingerprint density at radius 2 is 2.58 bits per heavy atom. The van der Waals surface area contributed by atoms with E-state index in [0.29, 0.717) is 12.5 Å². The number of likely N-dealkylation sites (tertiary alicyclic amines) is 1. The highest BCUT2D eigenvalue weighted by Crippen LogP contribution is 2.10. The van der Waals surface area contributed by atoms with Gasteiger partial charge < -0.3 is 4.90 Å². The number of hydrogen-bond donors (Lipinski definition) is 0. The Morgan fingerprint density at radius 1 is 1.75 bits per heavy atom. The lowest BCUT2D eigenvalue weighted by atomic mass is 10.2. The molecule has 2 heteroatoms. The third kappa shape index (κ3) is 2.68. The average Bonchev–Trinajstić information content (AvgIpc) is 2.48. The highest BCUT2D eigenvalue weighted by molar-refractivity contribution is 5.79. The molecule has 0 bridgehead atoms. The summed E-state index contributed by atoms with van der Waals surface area (Å²) in [6.45, 7) is 2.90. The molecule has 1 aliphatic heterocycles. The van der Waals surface area contributed by atoms with E-state index in [1.165, 1.54) is 0 Å². The summed E-state index contributed by atoms with van der Waals surface area (Å²) in [6, 6.07) is 0.581. The fourth-order valence-electron chi connectivity index (χ4n) is 1.26. The molecule has 68 valence electrons. The molecular formula is C10H17NO. The van der Waals surface area contributed by atoms with Gasteiger partial charge in [0.05, 0.1) is 1.37 Å². The van der Waals surface area contributed by atoms with Crippen LogP contribution in [0.4, 0.5) is 0 Å². The van der Waals surface area contributed by atoms with Gasteiger partial charge in [-0.2, -0.15) is 0 Å². The zero-order chi connectivity index (χ0) is 9.68. The minimum atomic E-state index is 0.168. The van der Waals surface area contributed by atoms with Crippen LogP contribution in [0.3, 0.4) is 0 Å². The number of allylic oxidation sites excluding steroid dienone is 1. The van der Waals surface area contributed by atoms with Gasteiger partial charge in [-0.05, 0) is 12.8 Å². The van der Waals surface area contributed by atoms with Crippen molar-refractivity contribution in [2.24, 2.45) is 0 Å². The maximum atomic E-state index is 11.2. The van der Waals surface area contributed by atoms with E-state index in [0.717, 1.165) is 32.2 Å². The predicted molar refractivity (Wildman–Crippen MR) is 49.6 cm³/mol. The third-order valence-corrected chi connectivity index (χ3v) is 2.03. The number of unbranched alkanes of at least 4 members (excludes halogenated alkanes) is 1. The lowest BCUT2D eigenvalue weighted by Crippen LogP contribution is -2.17. The van der Waals surface area contributed by atoms with Crippen LogP contribution >= 0.6 is 0 Å². The highest BCUT2D eigenvalue weighted by Gasteiger charge is 2.16. The molecule has 0 saturated carbocycles. The van der Waals surface area contributed by atoms with E-state index in [9.17, 15) is 4.79 Å². The molecule has 1 heterocycles. The summed E-state index contributed by atoms with van der Waals surface area (Å²) >= 11 is 0. The zero-order valence-corrected chi connectivity index (χ0v) is 7.68. The lowest BCUT2D eigenvalue weighted by molar-refractivity contribution is -0.125. The molecule has 0 aromatic carbocycles. The van der Waals surface area contributed by atoms with E-state index in [1.807, 2.05) is 0 Å². The van der Waals surface area contributed by atoms with Gasteiger partial charge in [0.1, 0.15) is 0 Å². The Labute approximate surface area is 75.7 Å². The normalized spacial score (nSPS) is 20.1. The van der Waals surface area contributed by atoms with Crippen molar-refractivity contribution in [2.75, 3.05) is 6.54 Å². The van der Waals surface area contributed by atoms with Crippen molar-refractivity contribution < 1.29 is 6.17 Å². The smallest absolute Gasteiger partial charge is 0.226 e. The number of amides is 1. The van der Waals surface area contributed by atoms with Crippen molar-refractivity contribution in [1.82, 2.24) is 4.90 Å². The first kappa shape index (κ1) is 7.84. The SMILES string of the molecule is [2H]/C(=C\N1CCCC1=O)CCCC. The van der Waals surface area contributed by atoms with Crippen LogP contribution in [-0.2, 0) is 4.79 Å². The Bertz CT molecular complexity index is 213. The first-order valence-electron chi connectivity index (χ1n) is 5.21. The Hall–Kier alpha value is -0.790. The molecule has 1 amide bonds. The molecule has 1 saturated heterocycles. The van der Waals surface area contributed by atoms with Crippen LogP contribution in [0.15, 0.2) is 12.3 Å². The molecule has 0 atom stereocenters. The van der Waals surface area contributed by atoms with Crippen molar-refractivity contribution in [3.63, 3.8) is 0 Å². The summed E-state index contributed by atoms with van der Waals surface area (Å²) in [5.74, 6) is 0.168. The first-order valence-corrected chi connectivity index (χ1v) is 4.71. The number of rotatable bonds is 4. The van der Waals surface area contributed by atoms with Crippen molar-refractivity contribution in [3.8, 4) is 0 Å². The van der Waals surface area contributed by atoms with Crippen molar-refractivity contribution in [1.29, 1.82) is 0 Å².